The van der Waals surface area contributed by atoms with Crippen molar-refractivity contribution in [3.63, 3.8) is 0 Å². The van der Waals surface area contributed by atoms with Gasteiger partial charge in [0.25, 0.3) is 6.47 Å². The van der Waals surface area contributed by atoms with Crippen LogP contribution in [0.4, 0.5) is 0 Å². The summed E-state index contributed by atoms with van der Waals surface area (Å²) < 4.78 is 29.4. The van der Waals surface area contributed by atoms with Crippen LogP contribution in [0.2, 0.25) is 0 Å². The van der Waals surface area contributed by atoms with Gasteiger partial charge in [-0.25, -0.2) is 0 Å². The Hall–Kier alpha value is -0.700. The molecule has 0 radical (unpaired) electrons. The number of carbonyl (C=O) groups is 3. The maximum Gasteiger partial charge on any atom is 0.304 e. The number of amides is 1. The largest absolute Gasteiger partial charge is 0.444 e. The number of unbranched alkanes of at least 4 members (excludes halogenated alkanes) is 1. The van der Waals surface area contributed by atoms with E-state index in [1.807, 2.05) is 21.6 Å². The molecule has 0 saturated carbocycles. The van der Waals surface area contributed by atoms with Crippen LogP contribution in [-0.4, -0.2) is 65.6 Å². The van der Waals surface area contributed by atoms with Gasteiger partial charge < -0.3 is 14.4 Å². The van der Waals surface area contributed by atoms with Gasteiger partial charge in [-0.05, 0) is 39.0 Å². The molecular formula is C20H34NO7PS2. The number of hydrogen-bond donors (Lipinski definition) is 0. The van der Waals surface area contributed by atoms with Gasteiger partial charge >= 0.3 is 5.97 Å². The van der Waals surface area contributed by atoms with Gasteiger partial charge in [0, 0.05) is 37.1 Å². The zero-order valence-corrected chi connectivity index (χ0v) is 20.9. The fourth-order valence-corrected chi connectivity index (χ4v) is 9.10. The van der Waals surface area contributed by atoms with E-state index in [-0.39, 0.29) is 18.2 Å². The molecule has 0 bridgehead atoms. The van der Waals surface area contributed by atoms with Crippen LogP contribution in [0.3, 0.4) is 0 Å². The second kappa shape index (κ2) is 13.8. The minimum Gasteiger partial charge on any atom is -0.444 e. The number of ether oxygens (including phenoxy) is 2. The average Bonchev–Trinajstić information content (AvgIpc) is 3.09. The molecule has 8 nitrogen and oxygen atoms in total. The Morgan fingerprint density at radius 1 is 1.23 bits per heavy atom. The van der Waals surface area contributed by atoms with Crippen molar-refractivity contribution in [2.75, 3.05) is 24.6 Å². The Morgan fingerprint density at radius 3 is 2.71 bits per heavy atom. The molecule has 2 heterocycles. The van der Waals surface area contributed by atoms with Crippen LogP contribution < -0.4 is 0 Å². The fourth-order valence-electron chi connectivity index (χ4n) is 3.85. The third-order valence-corrected chi connectivity index (χ3v) is 10.7. The van der Waals surface area contributed by atoms with E-state index in [1.165, 1.54) is 30.9 Å². The SMILES string of the molecule is CC(=O)OC(C)OP(=O)(CCCCC1CCSS1)CC(=O)N1CCCCCC1OC=O. The van der Waals surface area contributed by atoms with E-state index in [0.717, 1.165) is 32.1 Å². The van der Waals surface area contributed by atoms with E-state index < -0.39 is 25.9 Å². The number of nitrogens with zero attached hydrogens (tertiary/aromatic N) is 1. The number of esters is 1. The van der Waals surface area contributed by atoms with E-state index in [9.17, 15) is 18.9 Å². The summed E-state index contributed by atoms with van der Waals surface area (Å²) in [6.45, 7) is 3.57. The molecule has 2 aliphatic rings. The number of hydrogen-bond acceptors (Lipinski definition) is 9. The summed E-state index contributed by atoms with van der Waals surface area (Å²) in [6.07, 6.45) is 5.32. The van der Waals surface area contributed by atoms with Crippen LogP contribution in [-0.2, 0) is 32.9 Å². The van der Waals surface area contributed by atoms with Crippen LogP contribution in [0.1, 0.15) is 65.2 Å². The molecule has 2 fully saturated rings. The standard InChI is InChI=1S/C20H34NO7PS2/c1-16(23)27-17(2)28-29(25,12-7-5-8-18-10-13-30-31-18)14-19(24)21-11-6-3-4-9-20(21)26-15-22/h15,17-18,20H,3-14H2,1-2H3. The predicted molar refractivity (Wildman–Crippen MR) is 123 cm³/mol. The molecule has 2 aliphatic heterocycles. The lowest BCUT2D eigenvalue weighted by Crippen LogP contribution is -2.43. The first-order valence-electron chi connectivity index (χ1n) is 10.9. The van der Waals surface area contributed by atoms with E-state index in [2.05, 4.69) is 0 Å². The van der Waals surface area contributed by atoms with Gasteiger partial charge in [-0.15, -0.1) is 0 Å². The van der Waals surface area contributed by atoms with Crippen molar-refractivity contribution in [2.24, 2.45) is 0 Å². The van der Waals surface area contributed by atoms with Crippen LogP contribution in [0.5, 0.6) is 0 Å². The molecule has 0 N–H and O–H groups in total. The lowest BCUT2D eigenvalue weighted by atomic mass is 10.2. The Labute approximate surface area is 192 Å². The molecule has 2 rings (SSSR count). The second-order valence-corrected chi connectivity index (χ2v) is 13.3. The lowest BCUT2D eigenvalue weighted by molar-refractivity contribution is -0.158. The zero-order chi connectivity index (χ0) is 22.7. The Bertz CT molecular complexity index is 645. The van der Waals surface area contributed by atoms with Gasteiger partial charge in [-0.3, -0.25) is 23.5 Å². The second-order valence-electron chi connectivity index (χ2n) is 7.93. The topological polar surface area (TPSA) is 99.2 Å². The van der Waals surface area contributed by atoms with Crippen molar-refractivity contribution < 1.29 is 32.9 Å². The van der Waals surface area contributed by atoms with Crippen molar-refractivity contribution in [2.45, 2.75) is 83.0 Å². The minimum atomic E-state index is -3.40. The summed E-state index contributed by atoms with van der Waals surface area (Å²) in [5, 5.41) is 0.630. The Morgan fingerprint density at radius 2 is 2.03 bits per heavy atom. The van der Waals surface area contributed by atoms with E-state index in [4.69, 9.17) is 14.0 Å². The monoisotopic (exact) mass is 495 g/mol. The molecule has 0 aromatic heterocycles. The highest BCUT2D eigenvalue weighted by atomic mass is 33.1. The predicted octanol–water partition coefficient (Wildman–Crippen LogP) is 4.42. The van der Waals surface area contributed by atoms with Crippen LogP contribution in [0.15, 0.2) is 0 Å². The third kappa shape index (κ3) is 9.76. The van der Waals surface area contributed by atoms with Gasteiger partial charge in [0.05, 0.1) is 0 Å². The molecule has 11 heteroatoms. The quantitative estimate of drug-likeness (QED) is 0.0973. The van der Waals surface area contributed by atoms with Crippen LogP contribution >= 0.6 is 29.0 Å². The fraction of sp³-hybridized carbons (Fsp3) is 0.850. The molecule has 1 amide bonds. The van der Waals surface area contributed by atoms with Crippen molar-refractivity contribution in [1.29, 1.82) is 0 Å². The van der Waals surface area contributed by atoms with Crippen molar-refractivity contribution in [3.05, 3.63) is 0 Å². The van der Waals surface area contributed by atoms with Crippen molar-refractivity contribution in [1.82, 2.24) is 4.90 Å². The van der Waals surface area contributed by atoms with E-state index >= 15 is 0 Å². The number of carbonyl (C=O) groups excluding carboxylic acids is 3. The molecule has 31 heavy (non-hydrogen) atoms. The summed E-state index contributed by atoms with van der Waals surface area (Å²) in [5.41, 5.74) is 0. The summed E-state index contributed by atoms with van der Waals surface area (Å²) in [7, 11) is 0.402. The normalized spacial score (nSPS) is 24.6. The highest BCUT2D eigenvalue weighted by Crippen LogP contribution is 2.50. The van der Waals surface area contributed by atoms with Crippen molar-refractivity contribution >= 4 is 47.3 Å². The highest BCUT2D eigenvalue weighted by molar-refractivity contribution is 8.77. The summed E-state index contributed by atoms with van der Waals surface area (Å²) in [5.74, 6) is 0.286. The van der Waals surface area contributed by atoms with E-state index in [1.54, 1.807) is 0 Å². The van der Waals surface area contributed by atoms with Crippen LogP contribution in [0, 0.1) is 0 Å². The van der Waals surface area contributed by atoms with Crippen molar-refractivity contribution in [3.8, 4) is 0 Å². The smallest absolute Gasteiger partial charge is 0.304 e. The summed E-state index contributed by atoms with van der Waals surface area (Å²) in [6, 6.07) is 0. The molecule has 0 spiro atoms. The molecule has 2 saturated heterocycles. The zero-order valence-electron chi connectivity index (χ0n) is 18.4. The first-order valence-corrected chi connectivity index (χ1v) is 15.3. The first kappa shape index (κ1) is 26.6. The van der Waals surface area contributed by atoms with Gasteiger partial charge in [0.1, 0.15) is 6.16 Å². The van der Waals surface area contributed by atoms with Gasteiger partial charge in [-0.1, -0.05) is 34.4 Å². The molecular weight excluding hydrogens is 461 g/mol. The molecule has 4 atom stereocenters. The first-order chi connectivity index (χ1) is 14.8. The summed E-state index contributed by atoms with van der Waals surface area (Å²) >= 11 is 0. The molecule has 4 unspecified atom stereocenters. The maximum absolute atomic E-state index is 13.6. The molecule has 178 valence electrons. The molecule has 0 aliphatic carbocycles. The third-order valence-electron chi connectivity index (χ3n) is 5.28. The van der Waals surface area contributed by atoms with Crippen LogP contribution in [0.25, 0.3) is 0 Å². The van der Waals surface area contributed by atoms with Gasteiger partial charge in [0.15, 0.2) is 6.23 Å². The Balaban J connectivity index is 2.00. The number of likely N-dealkylation sites (tertiary alicyclic amines) is 1. The van der Waals surface area contributed by atoms with Gasteiger partial charge in [0.2, 0.25) is 19.6 Å². The van der Waals surface area contributed by atoms with E-state index in [0.29, 0.717) is 31.1 Å². The Kier molecular flexibility index (Phi) is 11.8. The lowest BCUT2D eigenvalue weighted by Gasteiger charge is -2.30. The summed E-state index contributed by atoms with van der Waals surface area (Å²) in [4.78, 5) is 36.7. The average molecular weight is 496 g/mol. The maximum atomic E-state index is 13.6. The minimum absolute atomic E-state index is 0.252. The highest BCUT2D eigenvalue weighted by Gasteiger charge is 2.35. The molecule has 0 aromatic rings. The number of rotatable bonds is 12. The molecule has 0 aromatic carbocycles. The van der Waals surface area contributed by atoms with Gasteiger partial charge in [-0.2, -0.15) is 0 Å².